The van der Waals surface area contributed by atoms with Gasteiger partial charge in [0.25, 0.3) is 0 Å². The van der Waals surface area contributed by atoms with Crippen molar-refractivity contribution in [3.8, 4) is 0 Å². The molecule has 0 fully saturated rings. The van der Waals surface area contributed by atoms with Gasteiger partial charge in [-0.3, -0.25) is 0 Å². The van der Waals surface area contributed by atoms with Crippen molar-refractivity contribution in [1.29, 1.82) is 0 Å². The van der Waals surface area contributed by atoms with Crippen molar-refractivity contribution in [3.63, 3.8) is 0 Å². The number of benzene rings is 1. The topological polar surface area (TPSA) is 39.9 Å². The van der Waals surface area contributed by atoms with E-state index in [0.717, 1.165) is 11.3 Å². The average molecular weight is 326 g/mol. The van der Waals surface area contributed by atoms with Crippen molar-refractivity contribution < 1.29 is 4.74 Å². The van der Waals surface area contributed by atoms with Crippen LogP contribution < -0.4 is 0 Å². The summed E-state index contributed by atoms with van der Waals surface area (Å²) < 4.78 is 7.21. The summed E-state index contributed by atoms with van der Waals surface area (Å²) in [6, 6.07) is 5.40. The molecule has 4 nitrogen and oxygen atoms in total. The second-order valence-electron chi connectivity index (χ2n) is 5.28. The first kappa shape index (κ1) is 16.0. The summed E-state index contributed by atoms with van der Waals surface area (Å²) in [5.74, 6) is 0. The van der Waals surface area contributed by atoms with E-state index in [1.807, 2.05) is 26.0 Å². The first-order valence-electron chi connectivity index (χ1n) is 6.47. The van der Waals surface area contributed by atoms with Crippen LogP contribution in [0.1, 0.15) is 25.8 Å². The Hall–Kier alpha value is -1.36. The van der Waals surface area contributed by atoms with Crippen LogP contribution in [0, 0.1) is 0 Å². The number of rotatable bonds is 5. The monoisotopic (exact) mass is 325 g/mol. The van der Waals surface area contributed by atoms with Gasteiger partial charge in [0.2, 0.25) is 0 Å². The van der Waals surface area contributed by atoms with Crippen molar-refractivity contribution in [1.82, 2.24) is 14.8 Å². The van der Waals surface area contributed by atoms with Crippen molar-refractivity contribution in [2.24, 2.45) is 0 Å². The lowest BCUT2D eigenvalue weighted by Gasteiger charge is -2.24. The molecule has 0 aliphatic heterocycles. The summed E-state index contributed by atoms with van der Waals surface area (Å²) in [6.07, 6.45) is 5.78. The molecule has 0 N–H and O–H groups in total. The fourth-order valence-electron chi connectivity index (χ4n) is 1.86. The molecule has 112 valence electrons. The molecule has 2 rings (SSSR count). The zero-order valence-electron chi connectivity index (χ0n) is 12.2. The summed E-state index contributed by atoms with van der Waals surface area (Å²) in [5, 5.41) is 5.39. The summed E-state index contributed by atoms with van der Waals surface area (Å²) in [6.45, 7) is 4.03. The molecule has 2 aromatic rings. The van der Waals surface area contributed by atoms with Gasteiger partial charge in [0, 0.05) is 29.3 Å². The molecular formula is C15H17Cl2N3O. The van der Waals surface area contributed by atoms with E-state index in [0.29, 0.717) is 16.5 Å². The first-order valence-corrected chi connectivity index (χ1v) is 7.23. The number of hydrogen-bond acceptors (Lipinski definition) is 3. The molecule has 0 aliphatic rings. The third-order valence-electron chi connectivity index (χ3n) is 3.16. The third kappa shape index (κ3) is 4.30. The van der Waals surface area contributed by atoms with Crippen molar-refractivity contribution >= 4 is 35.0 Å². The van der Waals surface area contributed by atoms with E-state index >= 15 is 0 Å². The number of ether oxygens (including phenoxy) is 1. The molecule has 1 aromatic carbocycles. The molecule has 0 saturated heterocycles. The molecule has 0 amide bonds. The average Bonchev–Trinajstić information content (AvgIpc) is 2.95. The predicted molar refractivity (Wildman–Crippen MR) is 86.4 cm³/mol. The van der Waals surface area contributed by atoms with Crippen LogP contribution in [-0.2, 0) is 4.74 Å². The van der Waals surface area contributed by atoms with Gasteiger partial charge < -0.3 is 4.74 Å². The van der Waals surface area contributed by atoms with Gasteiger partial charge in [-0.05, 0) is 37.6 Å². The molecule has 6 heteroatoms. The molecule has 0 saturated carbocycles. The first-order chi connectivity index (χ1) is 9.91. The van der Waals surface area contributed by atoms with Gasteiger partial charge in [-0.1, -0.05) is 29.3 Å². The SMILES string of the molecule is COC(C)(C)CC(=Cc1ccc(Cl)cc1Cl)n1cncn1. The molecule has 0 spiro atoms. The Morgan fingerprint density at radius 1 is 1.38 bits per heavy atom. The minimum absolute atomic E-state index is 0.323. The largest absolute Gasteiger partial charge is 0.378 e. The lowest BCUT2D eigenvalue weighted by Crippen LogP contribution is -2.24. The highest BCUT2D eigenvalue weighted by atomic mass is 35.5. The van der Waals surface area contributed by atoms with E-state index in [2.05, 4.69) is 10.1 Å². The van der Waals surface area contributed by atoms with Crippen molar-refractivity contribution in [3.05, 3.63) is 46.5 Å². The van der Waals surface area contributed by atoms with E-state index in [-0.39, 0.29) is 5.60 Å². The standard InChI is InChI=1S/C15H17Cl2N3O/c1-15(2,21-3)8-13(20-10-18-9-19-20)6-11-4-5-12(16)7-14(11)17/h4-7,9-10H,8H2,1-3H3. The highest BCUT2D eigenvalue weighted by Gasteiger charge is 2.20. The molecule has 1 aromatic heterocycles. The maximum Gasteiger partial charge on any atom is 0.138 e. The van der Waals surface area contributed by atoms with Crippen molar-refractivity contribution in [2.75, 3.05) is 7.11 Å². The van der Waals surface area contributed by atoms with Gasteiger partial charge in [-0.15, -0.1) is 0 Å². The molecule has 0 bridgehead atoms. The molecule has 0 unspecified atom stereocenters. The predicted octanol–water partition coefficient (Wildman–Crippen LogP) is 4.40. The van der Waals surface area contributed by atoms with E-state index in [1.54, 1.807) is 30.3 Å². The molecule has 21 heavy (non-hydrogen) atoms. The lowest BCUT2D eigenvalue weighted by atomic mass is 10.0. The van der Waals surface area contributed by atoms with E-state index < -0.39 is 0 Å². The van der Waals surface area contributed by atoms with Crippen LogP contribution in [0.3, 0.4) is 0 Å². The lowest BCUT2D eigenvalue weighted by molar-refractivity contribution is 0.0265. The Balaban J connectivity index is 2.42. The minimum Gasteiger partial charge on any atom is -0.378 e. The highest BCUT2D eigenvalue weighted by Crippen LogP contribution is 2.28. The minimum atomic E-state index is -0.323. The van der Waals surface area contributed by atoms with Gasteiger partial charge >= 0.3 is 0 Å². The highest BCUT2D eigenvalue weighted by molar-refractivity contribution is 6.35. The molecule has 0 atom stereocenters. The Bertz CT molecular complexity index is 636. The quantitative estimate of drug-likeness (QED) is 0.818. The Kier molecular flexibility index (Phi) is 5.04. The summed E-state index contributed by atoms with van der Waals surface area (Å²) in [5.41, 5.74) is 1.48. The van der Waals surface area contributed by atoms with Gasteiger partial charge in [-0.2, -0.15) is 5.10 Å². The summed E-state index contributed by atoms with van der Waals surface area (Å²) >= 11 is 12.2. The van der Waals surface area contributed by atoms with Gasteiger partial charge in [0.05, 0.1) is 5.60 Å². The number of aromatic nitrogens is 3. The Morgan fingerprint density at radius 3 is 2.71 bits per heavy atom. The Morgan fingerprint density at radius 2 is 2.14 bits per heavy atom. The fourth-order valence-corrected chi connectivity index (χ4v) is 2.32. The third-order valence-corrected chi connectivity index (χ3v) is 3.72. The number of nitrogens with zero attached hydrogens (tertiary/aromatic N) is 3. The molecule has 0 radical (unpaired) electrons. The number of hydrogen-bond donors (Lipinski definition) is 0. The fraction of sp³-hybridized carbons (Fsp3) is 0.333. The van der Waals surface area contributed by atoms with Crippen LogP contribution >= 0.6 is 23.2 Å². The van der Waals surface area contributed by atoms with Crippen LogP contribution in [0.25, 0.3) is 11.8 Å². The zero-order valence-corrected chi connectivity index (χ0v) is 13.7. The van der Waals surface area contributed by atoms with Gasteiger partial charge in [0.15, 0.2) is 0 Å². The zero-order chi connectivity index (χ0) is 15.5. The van der Waals surface area contributed by atoms with Crippen LogP contribution in [0.15, 0.2) is 30.9 Å². The summed E-state index contributed by atoms with van der Waals surface area (Å²) in [7, 11) is 1.69. The smallest absolute Gasteiger partial charge is 0.138 e. The summed E-state index contributed by atoms with van der Waals surface area (Å²) in [4.78, 5) is 3.99. The maximum absolute atomic E-state index is 6.23. The molecular weight excluding hydrogens is 309 g/mol. The van der Waals surface area contributed by atoms with Gasteiger partial charge in [0.1, 0.15) is 12.7 Å². The second kappa shape index (κ2) is 6.60. The van der Waals surface area contributed by atoms with Crippen LogP contribution in [0.5, 0.6) is 0 Å². The number of methoxy groups -OCH3 is 1. The van der Waals surface area contributed by atoms with E-state index in [4.69, 9.17) is 27.9 Å². The molecule has 0 aliphatic carbocycles. The maximum atomic E-state index is 6.23. The number of halogens is 2. The van der Waals surface area contributed by atoms with Crippen molar-refractivity contribution in [2.45, 2.75) is 25.9 Å². The van der Waals surface area contributed by atoms with Crippen LogP contribution in [-0.4, -0.2) is 27.5 Å². The normalized spacial score (nSPS) is 12.7. The van der Waals surface area contributed by atoms with Gasteiger partial charge in [-0.25, -0.2) is 9.67 Å². The second-order valence-corrected chi connectivity index (χ2v) is 6.13. The van der Waals surface area contributed by atoms with Crippen LogP contribution in [0.2, 0.25) is 10.0 Å². The van der Waals surface area contributed by atoms with E-state index in [1.165, 1.54) is 6.33 Å². The van der Waals surface area contributed by atoms with Crippen LogP contribution in [0.4, 0.5) is 0 Å². The van der Waals surface area contributed by atoms with E-state index in [9.17, 15) is 0 Å². The Labute approximate surface area is 134 Å². The molecule has 1 heterocycles.